The maximum absolute atomic E-state index is 13.7. The van der Waals surface area contributed by atoms with E-state index in [2.05, 4.69) is 0 Å². The molecule has 2 aromatic carbocycles. The van der Waals surface area contributed by atoms with Crippen molar-refractivity contribution in [2.75, 3.05) is 19.7 Å². The standard InChI is InChI=1S/C28H25F3N3O10/c1-2-43-25(36)12-11-24(35)34(44-27(38)28(29,30)31)14-13-20(15-18-3-7-22(8-4-18)32(39)40)26(37)21(17-34)16-19-5-9-23(10-6-19)33(41)42/h3-10,15-16H,2,11-14,17H2,1H3/q+1. The quantitative estimate of drug-likeness (QED) is 0.133. The first-order valence-electron chi connectivity index (χ1n) is 13.0. The van der Waals surface area contributed by atoms with Gasteiger partial charge in [-0.05, 0) is 54.5 Å². The molecule has 0 spiro atoms. The highest BCUT2D eigenvalue weighted by atomic mass is 19.4. The maximum atomic E-state index is 13.7. The van der Waals surface area contributed by atoms with Crippen LogP contribution in [0.15, 0.2) is 59.7 Å². The van der Waals surface area contributed by atoms with Crippen LogP contribution in [-0.4, -0.2) is 64.0 Å². The third kappa shape index (κ3) is 8.41. The van der Waals surface area contributed by atoms with Crippen LogP contribution in [0.25, 0.3) is 12.2 Å². The number of benzene rings is 2. The normalized spacial score (nSPS) is 18.9. The number of ketones is 1. The summed E-state index contributed by atoms with van der Waals surface area (Å²) >= 11 is 0. The molecule has 1 unspecified atom stereocenters. The van der Waals surface area contributed by atoms with E-state index in [-0.39, 0.29) is 41.1 Å². The molecule has 1 heterocycles. The number of carbonyl (C=O) groups is 4. The number of nitro benzene ring substituents is 2. The lowest BCUT2D eigenvalue weighted by atomic mass is 9.98. The second-order valence-electron chi connectivity index (χ2n) is 9.46. The van der Waals surface area contributed by atoms with Crippen molar-refractivity contribution in [2.24, 2.45) is 0 Å². The van der Waals surface area contributed by atoms with E-state index in [1.807, 2.05) is 0 Å². The van der Waals surface area contributed by atoms with Gasteiger partial charge in [0.25, 0.3) is 11.4 Å². The van der Waals surface area contributed by atoms with Crippen LogP contribution >= 0.6 is 0 Å². The molecule has 232 valence electrons. The van der Waals surface area contributed by atoms with Crippen molar-refractivity contribution in [3.05, 3.63) is 91.0 Å². The second kappa shape index (κ2) is 13.8. The van der Waals surface area contributed by atoms with Crippen molar-refractivity contribution in [1.82, 2.24) is 0 Å². The van der Waals surface area contributed by atoms with Gasteiger partial charge < -0.3 is 4.74 Å². The van der Waals surface area contributed by atoms with Crippen molar-refractivity contribution in [3.63, 3.8) is 0 Å². The van der Waals surface area contributed by atoms with Gasteiger partial charge in [-0.2, -0.15) is 13.2 Å². The molecular weight excluding hydrogens is 595 g/mol. The van der Waals surface area contributed by atoms with Gasteiger partial charge in [0, 0.05) is 36.3 Å². The SMILES string of the molecule is CCOC(=O)CCC(=O)[N+]1(OC(=O)C(F)(F)F)CCC(=Cc2ccc([N+](=O)[O-])cc2)C(=O)C(=Cc2ccc([N+](=O)[O-])cc2)C1. The molecule has 13 nitrogen and oxygen atoms in total. The number of likely N-dealkylation sites (tertiary alicyclic amines) is 1. The molecule has 1 aliphatic heterocycles. The molecule has 1 aliphatic rings. The Morgan fingerprint density at radius 3 is 1.84 bits per heavy atom. The summed E-state index contributed by atoms with van der Waals surface area (Å²) in [4.78, 5) is 76.7. The smallest absolute Gasteiger partial charge is 0.466 e. The fourth-order valence-corrected chi connectivity index (χ4v) is 4.28. The Morgan fingerprint density at radius 1 is 0.886 bits per heavy atom. The summed E-state index contributed by atoms with van der Waals surface area (Å²) in [5.74, 6) is -5.39. The topological polar surface area (TPSA) is 173 Å². The predicted octanol–water partition coefficient (Wildman–Crippen LogP) is 4.65. The number of alkyl halides is 3. The first-order valence-corrected chi connectivity index (χ1v) is 13.0. The predicted molar refractivity (Wildman–Crippen MR) is 145 cm³/mol. The molecule has 44 heavy (non-hydrogen) atoms. The number of amides is 1. The maximum Gasteiger partial charge on any atom is 0.497 e. The van der Waals surface area contributed by atoms with Crippen molar-refractivity contribution < 1.29 is 56.4 Å². The first kappa shape index (κ1) is 33.3. The lowest BCUT2D eigenvalue weighted by molar-refractivity contribution is -1.02. The highest BCUT2D eigenvalue weighted by molar-refractivity contribution is 6.13. The molecule has 0 aromatic heterocycles. The molecule has 1 atom stereocenters. The molecule has 0 aliphatic carbocycles. The van der Waals surface area contributed by atoms with Crippen LogP contribution in [0.4, 0.5) is 24.5 Å². The van der Waals surface area contributed by atoms with Crippen LogP contribution in [0.5, 0.6) is 0 Å². The molecule has 16 heteroatoms. The molecule has 1 saturated heterocycles. The van der Waals surface area contributed by atoms with Crippen LogP contribution in [0, 0.1) is 20.2 Å². The van der Waals surface area contributed by atoms with Crippen molar-refractivity contribution in [1.29, 1.82) is 0 Å². The molecule has 0 bridgehead atoms. The number of nitro groups is 2. The van der Waals surface area contributed by atoms with Crippen molar-refractivity contribution in [2.45, 2.75) is 32.4 Å². The summed E-state index contributed by atoms with van der Waals surface area (Å²) < 4.78 is 43.2. The zero-order valence-corrected chi connectivity index (χ0v) is 23.1. The largest absolute Gasteiger partial charge is 0.497 e. The third-order valence-electron chi connectivity index (χ3n) is 6.43. The molecular formula is C28H25F3N3O10+. The Balaban J connectivity index is 2.14. The fraction of sp³-hybridized carbons (Fsp3) is 0.286. The Hall–Kier alpha value is -5.25. The Labute approximate surface area is 247 Å². The monoisotopic (exact) mass is 620 g/mol. The summed E-state index contributed by atoms with van der Waals surface area (Å²) in [5, 5.41) is 22.1. The van der Waals surface area contributed by atoms with Gasteiger partial charge in [0.2, 0.25) is 0 Å². The Morgan fingerprint density at radius 2 is 1.39 bits per heavy atom. The second-order valence-corrected chi connectivity index (χ2v) is 9.46. The van der Waals surface area contributed by atoms with Gasteiger partial charge >= 0.3 is 24.0 Å². The van der Waals surface area contributed by atoms with E-state index in [1.165, 1.54) is 55.5 Å². The molecule has 0 radical (unpaired) electrons. The summed E-state index contributed by atoms with van der Waals surface area (Å²) in [7, 11) is 0. The highest BCUT2D eigenvalue weighted by Gasteiger charge is 2.53. The van der Waals surface area contributed by atoms with Gasteiger partial charge in [-0.15, -0.1) is 0 Å². The number of nitrogens with zero attached hydrogens (tertiary/aromatic N) is 3. The molecule has 0 N–H and O–H groups in total. The number of esters is 1. The molecule has 2 aromatic rings. The van der Waals surface area contributed by atoms with Gasteiger partial charge in [-0.3, -0.25) is 34.7 Å². The van der Waals surface area contributed by atoms with Crippen LogP contribution < -0.4 is 0 Å². The lowest BCUT2D eigenvalue weighted by Crippen LogP contribution is -2.56. The zero-order valence-electron chi connectivity index (χ0n) is 23.1. The molecule has 3 rings (SSSR count). The number of hydrogen-bond donors (Lipinski definition) is 0. The number of halogens is 3. The minimum Gasteiger partial charge on any atom is -0.466 e. The van der Waals surface area contributed by atoms with Gasteiger partial charge in [-0.1, -0.05) is 4.65 Å². The lowest BCUT2D eigenvalue weighted by Gasteiger charge is -2.31. The first-order chi connectivity index (χ1) is 20.6. The zero-order chi connectivity index (χ0) is 32.7. The fourth-order valence-electron chi connectivity index (χ4n) is 4.28. The van der Waals surface area contributed by atoms with Gasteiger partial charge in [0.05, 0.1) is 34.9 Å². The average Bonchev–Trinajstić information content (AvgIpc) is 3.09. The molecule has 0 saturated carbocycles. The Kier molecular flexibility index (Phi) is 10.4. The van der Waals surface area contributed by atoms with Crippen LogP contribution in [0.2, 0.25) is 0 Å². The summed E-state index contributed by atoms with van der Waals surface area (Å²) in [6, 6.07) is 9.79. The number of non-ortho nitro benzene ring substituents is 2. The van der Waals surface area contributed by atoms with E-state index in [4.69, 9.17) is 9.57 Å². The number of Topliss-reactive ketones (excluding diaryl/α,β-unsaturated/α-hetero) is 1. The van der Waals surface area contributed by atoms with Crippen LogP contribution in [-0.2, 0) is 28.8 Å². The van der Waals surface area contributed by atoms with Gasteiger partial charge in [-0.25, -0.2) is 9.59 Å². The summed E-state index contributed by atoms with van der Waals surface area (Å²) in [5.41, 5.74) is -0.321. The van der Waals surface area contributed by atoms with E-state index >= 15 is 0 Å². The van der Waals surface area contributed by atoms with E-state index in [0.717, 1.165) is 12.1 Å². The number of quaternary nitrogens is 1. The highest BCUT2D eigenvalue weighted by Crippen LogP contribution is 2.31. The van der Waals surface area contributed by atoms with Crippen LogP contribution in [0.3, 0.4) is 0 Å². The summed E-state index contributed by atoms with van der Waals surface area (Å²) in [6.45, 7) is -0.0145. The van der Waals surface area contributed by atoms with E-state index in [9.17, 15) is 52.6 Å². The van der Waals surface area contributed by atoms with E-state index in [0.29, 0.717) is 5.56 Å². The van der Waals surface area contributed by atoms with Crippen molar-refractivity contribution in [3.8, 4) is 0 Å². The Bertz CT molecular complexity index is 1530. The number of carbonyl (C=O) groups excluding carboxylic acids is 4. The van der Waals surface area contributed by atoms with Crippen molar-refractivity contribution >= 4 is 47.2 Å². The van der Waals surface area contributed by atoms with Gasteiger partial charge in [0.1, 0.15) is 6.54 Å². The number of hydroxylamine groups is 3. The summed E-state index contributed by atoms with van der Waals surface area (Å²) in [6.07, 6.45) is -4.62. The molecule has 1 amide bonds. The average molecular weight is 621 g/mol. The minimum absolute atomic E-state index is 0.0243. The van der Waals surface area contributed by atoms with Crippen LogP contribution in [0.1, 0.15) is 37.3 Å². The third-order valence-corrected chi connectivity index (χ3v) is 6.43. The molecule has 1 fully saturated rings. The van der Waals surface area contributed by atoms with E-state index in [1.54, 1.807) is 0 Å². The van der Waals surface area contributed by atoms with Gasteiger partial charge in [0.15, 0.2) is 12.3 Å². The number of ether oxygens (including phenoxy) is 1. The number of rotatable bonds is 8. The minimum atomic E-state index is -5.51. The number of hydrogen-bond acceptors (Lipinski definition) is 10. The van der Waals surface area contributed by atoms with E-state index < -0.39 is 70.2 Å².